The Morgan fingerprint density at radius 1 is 0.947 bits per heavy atom. The van der Waals surface area contributed by atoms with Crippen LogP contribution in [0, 0.1) is 28.1 Å². The molecule has 0 aromatic carbocycles. The molecule has 5 unspecified atom stereocenters. The van der Waals surface area contributed by atoms with Crippen molar-refractivity contribution in [3.63, 3.8) is 0 Å². The van der Waals surface area contributed by atoms with Gasteiger partial charge in [-0.25, -0.2) is 4.79 Å². The average Bonchev–Trinajstić information content (AvgIpc) is 3.86. The van der Waals surface area contributed by atoms with E-state index >= 15 is 0 Å². The molecular formula is C41H50O16. The summed E-state index contributed by atoms with van der Waals surface area (Å²) in [5, 5.41) is 0. The van der Waals surface area contributed by atoms with Gasteiger partial charge in [0.1, 0.15) is 29.5 Å². The SMILES string of the molecule is C/C=C(\C)C(=O)OC1C2(OC(C)=O)C(OC(=O)CC)[C@]34OC5(C)OC26C[C@@]1(C)[C@@H]1CC(=O)OC[C@@]16[C@]3(CC[C@](C)([C@H](OC(C)=O)c1ccoc1)[C@H]4CC(=O)OC)O5. The van der Waals surface area contributed by atoms with Crippen LogP contribution >= 0.6 is 0 Å². The van der Waals surface area contributed by atoms with Gasteiger partial charge in [0.15, 0.2) is 12.2 Å². The van der Waals surface area contributed by atoms with Gasteiger partial charge in [0.25, 0.3) is 5.97 Å². The lowest BCUT2D eigenvalue weighted by Crippen LogP contribution is -2.95. The highest BCUT2D eigenvalue weighted by molar-refractivity contribution is 5.88. The molecule has 0 amide bonds. The van der Waals surface area contributed by atoms with Crippen LogP contribution in [0.1, 0.15) is 106 Å². The lowest BCUT2D eigenvalue weighted by atomic mass is 9.33. The van der Waals surface area contributed by atoms with Crippen molar-refractivity contribution in [3.05, 3.63) is 35.8 Å². The molecule has 4 bridgehead atoms. The second-order valence-electron chi connectivity index (χ2n) is 17.4. The Bertz CT molecular complexity index is 1970. The Morgan fingerprint density at radius 2 is 1.67 bits per heavy atom. The van der Waals surface area contributed by atoms with Crippen molar-refractivity contribution in [2.75, 3.05) is 13.7 Å². The topological polar surface area (TPSA) is 199 Å². The second kappa shape index (κ2) is 12.4. The van der Waals surface area contributed by atoms with Gasteiger partial charge in [0.05, 0.1) is 31.5 Å². The number of esters is 6. The number of carbonyl (C=O) groups excluding carboxylic acids is 6. The number of carbonyl (C=O) groups is 6. The zero-order valence-corrected chi connectivity index (χ0v) is 33.7. The highest BCUT2D eigenvalue weighted by Gasteiger charge is 3.06. The Balaban J connectivity index is 1.53. The Labute approximate surface area is 329 Å². The first kappa shape index (κ1) is 39.5. The summed E-state index contributed by atoms with van der Waals surface area (Å²) in [7, 11) is 1.23. The van der Waals surface area contributed by atoms with Crippen molar-refractivity contribution < 1.29 is 75.8 Å². The minimum atomic E-state index is -2.20. The minimum absolute atomic E-state index is 0.0474. The Hall–Kier alpha value is -4.28. The first-order valence-electron chi connectivity index (χ1n) is 19.5. The first-order chi connectivity index (χ1) is 26.8. The normalized spacial score (nSPS) is 44.9. The zero-order valence-electron chi connectivity index (χ0n) is 33.7. The molecule has 1 aromatic heterocycles. The summed E-state index contributed by atoms with van der Waals surface area (Å²) in [6, 6.07) is 1.65. The molecule has 4 aliphatic carbocycles. The summed E-state index contributed by atoms with van der Waals surface area (Å²) in [4.78, 5) is 82.5. The van der Waals surface area contributed by atoms with Crippen LogP contribution in [0.3, 0.4) is 0 Å². The molecule has 0 N–H and O–H groups in total. The van der Waals surface area contributed by atoms with Crippen molar-refractivity contribution in [1.29, 1.82) is 0 Å². The number of ether oxygens (including phenoxy) is 9. The zero-order chi connectivity index (χ0) is 41.4. The van der Waals surface area contributed by atoms with Crippen LogP contribution in [-0.2, 0) is 71.4 Å². The number of hydrogen-bond acceptors (Lipinski definition) is 16. The van der Waals surface area contributed by atoms with Gasteiger partial charge in [-0.15, -0.1) is 0 Å². The van der Waals surface area contributed by atoms with Crippen LogP contribution in [0.25, 0.3) is 0 Å². The number of allylic oxidation sites excluding steroid dienone is 1. The maximum absolute atomic E-state index is 14.1. The maximum Gasteiger partial charge on any atom is 0.333 e. The van der Waals surface area contributed by atoms with Crippen LogP contribution in [0.4, 0.5) is 0 Å². The van der Waals surface area contributed by atoms with E-state index in [2.05, 4.69) is 0 Å². The van der Waals surface area contributed by atoms with Gasteiger partial charge < -0.3 is 47.0 Å². The van der Waals surface area contributed by atoms with E-state index in [4.69, 9.17) is 47.0 Å². The molecule has 7 aliphatic rings. The molecule has 57 heavy (non-hydrogen) atoms. The minimum Gasteiger partial charge on any atom is -0.472 e. The fourth-order valence-corrected chi connectivity index (χ4v) is 13.2. The van der Waals surface area contributed by atoms with Gasteiger partial charge in [-0.2, -0.15) is 0 Å². The van der Waals surface area contributed by atoms with Crippen LogP contribution in [0.5, 0.6) is 0 Å². The number of methoxy groups -OCH3 is 1. The quantitative estimate of drug-likeness (QED) is 0.184. The summed E-state index contributed by atoms with van der Waals surface area (Å²) in [5.74, 6) is -7.97. The van der Waals surface area contributed by atoms with E-state index in [-0.39, 0.29) is 44.3 Å². The van der Waals surface area contributed by atoms with Crippen LogP contribution < -0.4 is 0 Å². The number of cyclic esters (lactones) is 1. The van der Waals surface area contributed by atoms with Gasteiger partial charge in [-0.3, -0.25) is 24.0 Å². The van der Waals surface area contributed by atoms with E-state index in [0.717, 1.165) is 0 Å². The molecule has 7 fully saturated rings. The standard InChI is InChI=1S/C41H50O16/c1-10-21(3)31(47)53-32-35(7)19-39-37(20-50-29(46)16-25(35)37)38-14-13-34(6,30(51-22(4)42)24-12-15-49-18-24)26(17-28(45)48-9)40(38,57-36(8,55-38)56-39)33(52-27(44)11-2)41(32,39)54-23(5)43/h10,12,15,18,25-26,30,32-33H,11,13-14,16-17,19-20H2,1-9H3/b21-10+/t25-,26+,30+,32?,33?,34-,35-,36?,37-,38-,39?,40-,41?/m0/s1. The largest absolute Gasteiger partial charge is 0.472 e. The highest BCUT2D eigenvalue weighted by atomic mass is 16.9. The monoisotopic (exact) mass is 798 g/mol. The van der Waals surface area contributed by atoms with E-state index in [9.17, 15) is 28.8 Å². The molecule has 8 rings (SSSR count). The van der Waals surface area contributed by atoms with E-state index < -0.39 is 117 Å². The maximum atomic E-state index is 14.1. The summed E-state index contributed by atoms with van der Waals surface area (Å²) in [6.45, 7) is 12.3. The molecular weight excluding hydrogens is 748 g/mol. The molecule has 3 saturated heterocycles. The molecule has 310 valence electrons. The smallest absolute Gasteiger partial charge is 0.333 e. The summed E-state index contributed by atoms with van der Waals surface area (Å²) >= 11 is 0. The average molecular weight is 799 g/mol. The molecule has 13 atom stereocenters. The van der Waals surface area contributed by atoms with Crippen molar-refractivity contribution in [2.45, 2.75) is 141 Å². The van der Waals surface area contributed by atoms with Gasteiger partial charge in [0.2, 0.25) is 5.60 Å². The predicted molar refractivity (Wildman–Crippen MR) is 189 cm³/mol. The van der Waals surface area contributed by atoms with E-state index in [1.807, 2.05) is 13.8 Å². The van der Waals surface area contributed by atoms with Crippen LogP contribution in [0.15, 0.2) is 34.7 Å². The van der Waals surface area contributed by atoms with E-state index in [0.29, 0.717) is 5.56 Å². The molecule has 0 radical (unpaired) electrons. The van der Waals surface area contributed by atoms with E-state index in [1.54, 1.807) is 39.8 Å². The second-order valence-corrected chi connectivity index (χ2v) is 17.4. The summed E-state index contributed by atoms with van der Waals surface area (Å²) in [5.41, 5.74) is -10.8. The van der Waals surface area contributed by atoms with Crippen LogP contribution in [0.2, 0.25) is 0 Å². The molecule has 3 aliphatic heterocycles. The number of fused-ring (bicyclic) bond motifs is 3. The third-order valence-electron chi connectivity index (χ3n) is 14.9. The fraction of sp³-hybridized carbons (Fsp3) is 0.707. The lowest BCUT2D eigenvalue weighted by Gasteiger charge is -2.77. The fourth-order valence-electron chi connectivity index (χ4n) is 13.2. The number of hydrogen-bond donors (Lipinski definition) is 0. The Morgan fingerprint density at radius 3 is 2.28 bits per heavy atom. The van der Waals surface area contributed by atoms with Gasteiger partial charge >= 0.3 is 35.8 Å². The van der Waals surface area contributed by atoms with Crippen molar-refractivity contribution in [3.8, 4) is 0 Å². The third kappa shape index (κ3) is 4.49. The van der Waals surface area contributed by atoms with Crippen molar-refractivity contribution in [1.82, 2.24) is 0 Å². The summed E-state index contributed by atoms with van der Waals surface area (Å²) < 4.78 is 64.7. The van der Waals surface area contributed by atoms with Crippen molar-refractivity contribution in [2.24, 2.45) is 28.1 Å². The van der Waals surface area contributed by atoms with Gasteiger partial charge in [0, 0.05) is 61.5 Å². The van der Waals surface area contributed by atoms with Crippen molar-refractivity contribution >= 4 is 35.8 Å². The Kier molecular flexibility index (Phi) is 8.58. The molecule has 1 aromatic rings. The highest BCUT2D eigenvalue weighted by Crippen LogP contribution is 2.90. The molecule has 3 spiro atoms. The number of rotatable bonds is 10. The molecule has 4 heterocycles. The lowest BCUT2D eigenvalue weighted by molar-refractivity contribution is -0.485. The van der Waals surface area contributed by atoms with E-state index in [1.165, 1.54) is 33.5 Å². The van der Waals surface area contributed by atoms with Gasteiger partial charge in [-0.1, -0.05) is 26.8 Å². The first-order valence-corrected chi connectivity index (χ1v) is 19.5. The summed E-state index contributed by atoms with van der Waals surface area (Å²) in [6.07, 6.45) is -0.130. The predicted octanol–water partition coefficient (Wildman–Crippen LogP) is 4.32. The molecule has 4 saturated carbocycles. The van der Waals surface area contributed by atoms with Gasteiger partial charge in [-0.05, 0) is 45.1 Å². The van der Waals surface area contributed by atoms with Crippen LogP contribution in [-0.4, -0.2) is 90.1 Å². The third-order valence-corrected chi connectivity index (χ3v) is 14.9. The molecule has 16 nitrogen and oxygen atoms in total. The molecule has 16 heteroatoms. The number of furan rings is 1.